The second kappa shape index (κ2) is 7.27. The summed E-state index contributed by atoms with van der Waals surface area (Å²) in [5, 5.41) is 2.89. The minimum Gasteiger partial charge on any atom is -0.375 e. The Kier molecular flexibility index (Phi) is 4.91. The fourth-order valence-corrected chi connectivity index (χ4v) is 2.73. The summed E-state index contributed by atoms with van der Waals surface area (Å²) in [4.78, 5) is 29.9. The molecule has 0 atom stereocenters. The molecule has 0 saturated carbocycles. The van der Waals surface area contributed by atoms with E-state index in [1.54, 1.807) is 18.5 Å². The number of amides is 2. The van der Waals surface area contributed by atoms with E-state index in [1.807, 2.05) is 36.4 Å². The van der Waals surface area contributed by atoms with E-state index in [0.29, 0.717) is 19.5 Å². The number of aromatic nitrogens is 1. The Morgan fingerprint density at radius 2 is 1.75 bits per heavy atom. The van der Waals surface area contributed by atoms with Crippen LogP contribution in [0, 0.1) is 0 Å². The van der Waals surface area contributed by atoms with Crippen molar-refractivity contribution in [3.8, 4) is 0 Å². The number of benzene rings is 1. The van der Waals surface area contributed by atoms with Gasteiger partial charge in [-0.05, 0) is 23.6 Å². The van der Waals surface area contributed by atoms with Gasteiger partial charge in [-0.2, -0.15) is 0 Å². The lowest BCUT2D eigenvalue weighted by molar-refractivity contribution is -0.137. The van der Waals surface area contributed by atoms with Crippen molar-refractivity contribution in [1.29, 1.82) is 0 Å². The normalized spacial score (nSPS) is 14.5. The maximum absolute atomic E-state index is 12.5. The van der Waals surface area contributed by atoms with Crippen LogP contribution in [0.1, 0.15) is 11.1 Å². The molecule has 6 heteroatoms. The van der Waals surface area contributed by atoms with Crippen molar-refractivity contribution in [2.45, 2.75) is 13.0 Å². The van der Waals surface area contributed by atoms with Gasteiger partial charge in [0.1, 0.15) is 10.7 Å². The molecule has 1 aromatic heterocycles. The van der Waals surface area contributed by atoms with Crippen molar-refractivity contribution in [3.63, 3.8) is 0 Å². The van der Waals surface area contributed by atoms with Crippen LogP contribution < -0.4 is 5.32 Å². The quantitative estimate of drug-likeness (QED) is 0.818. The monoisotopic (exact) mass is 341 g/mol. The van der Waals surface area contributed by atoms with E-state index in [1.165, 1.54) is 4.90 Å². The van der Waals surface area contributed by atoms with Crippen LogP contribution in [0.15, 0.2) is 65.6 Å². The predicted molar refractivity (Wildman–Crippen MR) is 90.8 cm³/mol. The van der Waals surface area contributed by atoms with Crippen LogP contribution in [0.25, 0.3) is 0 Å². The van der Waals surface area contributed by atoms with Crippen LogP contribution in [0.3, 0.4) is 0 Å². The molecule has 2 aromatic rings. The first kappa shape index (κ1) is 16.2. The smallest absolute Gasteiger partial charge is 0.278 e. The Labute approximate surface area is 145 Å². The second-order valence-electron chi connectivity index (χ2n) is 5.40. The minimum atomic E-state index is -0.453. The third kappa shape index (κ3) is 3.46. The topological polar surface area (TPSA) is 62.3 Å². The van der Waals surface area contributed by atoms with Crippen LogP contribution in [0.4, 0.5) is 0 Å². The SMILES string of the molecule is O=C1C(Cl)=C(NCc2cccnc2)C(=O)N1CCc1ccccc1. The van der Waals surface area contributed by atoms with E-state index in [4.69, 9.17) is 11.6 Å². The average Bonchev–Trinajstić information content (AvgIpc) is 2.82. The Morgan fingerprint density at radius 1 is 1.00 bits per heavy atom. The number of rotatable bonds is 6. The fraction of sp³-hybridized carbons (Fsp3) is 0.167. The predicted octanol–water partition coefficient (Wildman–Crippen LogP) is 2.23. The summed E-state index contributed by atoms with van der Waals surface area (Å²) in [6.45, 7) is 0.681. The summed E-state index contributed by atoms with van der Waals surface area (Å²) in [7, 11) is 0. The maximum Gasteiger partial charge on any atom is 0.278 e. The molecule has 3 rings (SSSR count). The van der Waals surface area contributed by atoms with Gasteiger partial charge in [-0.1, -0.05) is 48.0 Å². The lowest BCUT2D eigenvalue weighted by Crippen LogP contribution is -2.35. The largest absolute Gasteiger partial charge is 0.375 e. The van der Waals surface area contributed by atoms with Crippen molar-refractivity contribution >= 4 is 23.4 Å². The number of carbonyl (C=O) groups is 2. The standard InChI is InChI=1S/C18H16ClN3O2/c19-15-16(21-12-14-7-4-9-20-11-14)18(24)22(17(15)23)10-8-13-5-2-1-3-6-13/h1-7,9,11,21H,8,10,12H2. The number of hydrogen-bond acceptors (Lipinski definition) is 4. The zero-order chi connectivity index (χ0) is 16.9. The lowest BCUT2D eigenvalue weighted by Gasteiger charge is -2.15. The van der Waals surface area contributed by atoms with Gasteiger partial charge < -0.3 is 5.32 Å². The highest BCUT2D eigenvalue weighted by Crippen LogP contribution is 2.22. The van der Waals surface area contributed by atoms with Gasteiger partial charge >= 0.3 is 0 Å². The number of pyridine rings is 1. The molecule has 0 fully saturated rings. The van der Waals surface area contributed by atoms with E-state index >= 15 is 0 Å². The Balaban J connectivity index is 1.64. The number of carbonyl (C=O) groups excluding carboxylic acids is 2. The van der Waals surface area contributed by atoms with E-state index in [9.17, 15) is 9.59 Å². The van der Waals surface area contributed by atoms with Crippen molar-refractivity contribution in [2.24, 2.45) is 0 Å². The molecule has 1 aromatic carbocycles. The molecular formula is C18H16ClN3O2. The average molecular weight is 342 g/mol. The van der Waals surface area contributed by atoms with Crippen LogP contribution in [-0.2, 0) is 22.6 Å². The van der Waals surface area contributed by atoms with Gasteiger partial charge in [-0.25, -0.2) is 0 Å². The van der Waals surface area contributed by atoms with Gasteiger partial charge in [0.05, 0.1) is 0 Å². The summed E-state index contributed by atoms with van der Waals surface area (Å²) in [6, 6.07) is 13.4. The molecule has 2 amide bonds. The Hall–Kier alpha value is -2.66. The summed E-state index contributed by atoms with van der Waals surface area (Å²) < 4.78 is 0. The molecule has 0 radical (unpaired) electrons. The number of halogens is 1. The van der Waals surface area contributed by atoms with Gasteiger partial charge in [0, 0.05) is 25.5 Å². The summed E-state index contributed by atoms with van der Waals surface area (Å²) in [5.41, 5.74) is 2.11. The second-order valence-corrected chi connectivity index (χ2v) is 5.78. The molecule has 1 aliphatic heterocycles. The number of nitrogens with one attached hydrogen (secondary N) is 1. The lowest BCUT2D eigenvalue weighted by atomic mass is 10.1. The molecule has 24 heavy (non-hydrogen) atoms. The fourth-order valence-electron chi connectivity index (χ4n) is 2.48. The zero-order valence-electron chi connectivity index (χ0n) is 12.9. The zero-order valence-corrected chi connectivity index (χ0v) is 13.7. The van der Waals surface area contributed by atoms with Crippen LogP contribution in [0.5, 0.6) is 0 Å². The number of hydrogen-bond donors (Lipinski definition) is 1. The van der Waals surface area contributed by atoms with Gasteiger partial charge in [-0.3, -0.25) is 19.5 Å². The molecule has 0 aliphatic carbocycles. The van der Waals surface area contributed by atoms with E-state index in [2.05, 4.69) is 10.3 Å². The van der Waals surface area contributed by atoms with Crippen LogP contribution >= 0.6 is 11.6 Å². The first-order valence-electron chi connectivity index (χ1n) is 7.59. The van der Waals surface area contributed by atoms with Crippen molar-refractivity contribution in [3.05, 3.63) is 76.7 Å². The number of imide groups is 1. The maximum atomic E-state index is 12.5. The van der Waals surface area contributed by atoms with Crippen LogP contribution in [-0.4, -0.2) is 28.2 Å². The Morgan fingerprint density at radius 3 is 2.46 bits per heavy atom. The highest BCUT2D eigenvalue weighted by atomic mass is 35.5. The first-order chi connectivity index (χ1) is 11.7. The molecule has 0 spiro atoms. The van der Waals surface area contributed by atoms with Crippen molar-refractivity contribution in [2.75, 3.05) is 6.54 Å². The molecule has 2 heterocycles. The van der Waals surface area contributed by atoms with Gasteiger partial charge in [0.15, 0.2) is 0 Å². The summed E-state index contributed by atoms with van der Waals surface area (Å²) in [6.07, 6.45) is 3.96. The first-order valence-corrected chi connectivity index (χ1v) is 7.97. The summed E-state index contributed by atoms with van der Waals surface area (Å²) in [5.74, 6) is -0.837. The third-order valence-electron chi connectivity index (χ3n) is 3.77. The summed E-state index contributed by atoms with van der Waals surface area (Å²) >= 11 is 6.06. The molecular weight excluding hydrogens is 326 g/mol. The van der Waals surface area contributed by atoms with Gasteiger partial charge in [0.25, 0.3) is 11.8 Å². The molecule has 5 nitrogen and oxygen atoms in total. The molecule has 1 aliphatic rings. The molecule has 122 valence electrons. The van der Waals surface area contributed by atoms with Crippen molar-refractivity contribution in [1.82, 2.24) is 15.2 Å². The Bertz CT molecular complexity index is 775. The minimum absolute atomic E-state index is 0.0584. The van der Waals surface area contributed by atoms with E-state index in [-0.39, 0.29) is 16.6 Å². The number of nitrogens with zero attached hydrogens (tertiary/aromatic N) is 2. The molecule has 1 N–H and O–H groups in total. The van der Waals surface area contributed by atoms with Crippen molar-refractivity contribution < 1.29 is 9.59 Å². The van der Waals surface area contributed by atoms with Gasteiger partial charge in [-0.15, -0.1) is 0 Å². The van der Waals surface area contributed by atoms with E-state index in [0.717, 1.165) is 11.1 Å². The highest BCUT2D eigenvalue weighted by Gasteiger charge is 2.37. The highest BCUT2D eigenvalue weighted by molar-refractivity contribution is 6.47. The van der Waals surface area contributed by atoms with E-state index < -0.39 is 5.91 Å². The van der Waals surface area contributed by atoms with Gasteiger partial charge in [0.2, 0.25) is 0 Å². The van der Waals surface area contributed by atoms with Crippen LogP contribution in [0.2, 0.25) is 0 Å². The third-order valence-corrected chi connectivity index (χ3v) is 4.12. The molecule has 0 bridgehead atoms. The molecule has 0 unspecified atom stereocenters. The molecule has 0 saturated heterocycles.